The number of rotatable bonds is 4. The molecule has 0 aliphatic heterocycles. The van der Waals surface area contributed by atoms with E-state index >= 15 is 0 Å². The summed E-state index contributed by atoms with van der Waals surface area (Å²) in [6.07, 6.45) is 0. The number of hydrogen-bond acceptors (Lipinski definition) is 3. The maximum atomic E-state index is 12.2. The highest BCUT2D eigenvalue weighted by atomic mass is 35.5. The van der Waals surface area contributed by atoms with Crippen LogP contribution in [0.2, 0.25) is 5.02 Å². The first kappa shape index (κ1) is 13.7. The Bertz CT molecular complexity index is 426. The maximum absolute atomic E-state index is 12.2. The van der Waals surface area contributed by atoms with E-state index in [0.29, 0.717) is 10.6 Å². The summed E-state index contributed by atoms with van der Waals surface area (Å²) in [5, 5.41) is 0.475. The highest BCUT2D eigenvalue weighted by molar-refractivity contribution is 6.31. The first-order valence-electron chi connectivity index (χ1n) is 5.35. The molecule has 1 aromatic rings. The number of halogens is 1. The molecule has 0 heterocycles. The maximum Gasteiger partial charge on any atom is 0.316 e. The van der Waals surface area contributed by atoms with E-state index < -0.39 is 11.9 Å². The highest BCUT2D eigenvalue weighted by Gasteiger charge is 2.31. The lowest BCUT2D eigenvalue weighted by molar-refractivity contribution is -0.144. The molecule has 0 aliphatic carbocycles. The van der Waals surface area contributed by atoms with Gasteiger partial charge in [-0.25, -0.2) is 0 Å². The number of carbonyl (C=O) groups is 2. The van der Waals surface area contributed by atoms with E-state index in [9.17, 15) is 9.59 Å². The Morgan fingerprint density at radius 2 is 1.94 bits per heavy atom. The van der Waals surface area contributed by atoms with Crippen LogP contribution in [0, 0.1) is 11.8 Å². The van der Waals surface area contributed by atoms with E-state index in [1.807, 2.05) is 13.8 Å². The molecule has 0 spiro atoms. The van der Waals surface area contributed by atoms with Crippen LogP contribution in [0.1, 0.15) is 24.2 Å². The predicted molar refractivity (Wildman–Crippen MR) is 66.1 cm³/mol. The molecule has 0 saturated heterocycles. The summed E-state index contributed by atoms with van der Waals surface area (Å²) in [5.41, 5.74) is 0.432. The zero-order valence-corrected chi connectivity index (χ0v) is 10.8. The van der Waals surface area contributed by atoms with Crippen molar-refractivity contribution in [3.05, 3.63) is 34.9 Å². The molecule has 1 rings (SSSR count). The van der Waals surface area contributed by atoms with Crippen LogP contribution in [0.15, 0.2) is 24.3 Å². The number of ketones is 1. The molecule has 4 heteroatoms. The molecule has 3 nitrogen and oxygen atoms in total. The smallest absolute Gasteiger partial charge is 0.316 e. The van der Waals surface area contributed by atoms with Crippen molar-refractivity contribution in [2.45, 2.75) is 13.8 Å². The van der Waals surface area contributed by atoms with Crippen molar-refractivity contribution < 1.29 is 14.3 Å². The number of hydrogen-bond donors (Lipinski definition) is 0. The molecule has 1 atom stereocenters. The second-order valence-corrected chi connectivity index (χ2v) is 4.56. The molecule has 0 radical (unpaired) electrons. The summed E-state index contributed by atoms with van der Waals surface area (Å²) in [5.74, 6) is -1.66. The van der Waals surface area contributed by atoms with Crippen molar-refractivity contribution >= 4 is 23.4 Å². The average molecular weight is 255 g/mol. The second kappa shape index (κ2) is 5.82. The van der Waals surface area contributed by atoms with Crippen molar-refractivity contribution in [1.82, 2.24) is 0 Å². The van der Waals surface area contributed by atoms with Gasteiger partial charge in [-0.2, -0.15) is 0 Å². The van der Waals surface area contributed by atoms with E-state index in [0.717, 1.165) is 0 Å². The van der Waals surface area contributed by atoms with Crippen LogP contribution in [0.4, 0.5) is 0 Å². The number of carbonyl (C=O) groups excluding carboxylic acids is 2. The monoisotopic (exact) mass is 254 g/mol. The van der Waals surface area contributed by atoms with Gasteiger partial charge in [0.05, 0.1) is 7.11 Å². The van der Waals surface area contributed by atoms with E-state index in [1.165, 1.54) is 7.11 Å². The molecular weight excluding hydrogens is 240 g/mol. The summed E-state index contributed by atoms with van der Waals surface area (Å²) < 4.78 is 4.65. The Morgan fingerprint density at radius 3 is 2.41 bits per heavy atom. The van der Waals surface area contributed by atoms with Gasteiger partial charge in [-0.1, -0.05) is 37.6 Å². The van der Waals surface area contributed by atoms with Gasteiger partial charge in [-0.05, 0) is 18.1 Å². The van der Waals surface area contributed by atoms with Crippen molar-refractivity contribution in [2.75, 3.05) is 7.11 Å². The molecule has 0 N–H and O–H groups in total. The summed E-state index contributed by atoms with van der Waals surface area (Å²) in [7, 11) is 1.28. The third-order valence-corrected chi connectivity index (χ3v) is 2.75. The first-order valence-corrected chi connectivity index (χ1v) is 5.72. The van der Waals surface area contributed by atoms with Gasteiger partial charge in [0.1, 0.15) is 5.92 Å². The summed E-state index contributed by atoms with van der Waals surface area (Å²) >= 11 is 5.82. The quantitative estimate of drug-likeness (QED) is 0.471. The van der Waals surface area contributed by atoms with Crippen LogP contribution in [-0.2, 0) is 9.53 Å². The summed E-state index contributed by atoms with van der Waals surface area (Å²) in [4.78, 5) is 23.8. The van der Waals surface area contributed by atoms with Gasteiger partial charge < -0.3 is 4.74 Å². The summed E-state index contributed by atoms with van der Waals surface area (Å²) in [6, 6.07) is 6.57. The third-order valence-electron chi connectivity index (χ3n) is 2.51. The fourth-order valence-electron chi connectivity index (χ4n) is 1.63. The number of Topliss-reactive ketones (excluding diaryl/α,β-unsaturated/α-hetero) is 1. The zero-order chi connectivity index (χ0) is 13.0. The van der Waals surface area contributed by atoms with Crippen molar-refractivity contribution in [3.8, 4) is 0 Å². The van der Waals surface area contributed by atoms with E-state index in [1.54, 1.807) is 24.3 Å². The molecule has 92 valence electrons. The Balaban J connectivity index is 3.04. The van der Waals surface area contributed by atoms with Gasteiger partial charge in [-0.3, -0.25) is 9.59 Å². The molecule has 0 aromatic heterocycles. The molecule has 0 aliphatic rings. The van der Waals surface area contributed by atoms with Gasteiger partial charge in [0, 0.05) is 10.6 Å². The van der Waals surface area contributed by atoms with Crippen LogP contribution in [0.5, 0.6) is 0 Å². The zero-order valence-electron chi connectivity index (χ0n) is 10.1. The fourth-order valence-corrected chi connectivity index (χ4v) is 1.82. The SMILES string of the molecule is COC(=O)C(C(=O)c1cccc(Cl)c1)C(C)C. The highest BCUT2D eigenvalue weighted by Crippen LogP contribution is 2.21. The Morgan fingerprint density at radius 1 is 1.29 bits per heavy atom. The van der Waals surface area contributed by atoms with Crippen LogP contribution in [-0.4, -0.2) is 18.9 Å². The minimum Gasteiger partial charge on any atom is -0.468 e. The van der Waals surface area contributed by atoms with E-state index in [2.05, 4.69) is 4.74 Å². The van der Waals surface area contributed by atoms with Crippen molar-refractivity contribution in [2.24, 2.45) is 11.8 Å². The number of ether oxygens (including phenoxy) is 1. The summed E-state index contributed by atoms with van der Waals surface area (Å²) in [6.45, 7) is 3.62. The minimum absolute atomic E-state index is 0.117. The average Bonchev–Trinajstić information content (AvgIpc) is 2.28. The topological polar surface area (TPSA) is 43.4 Å². The van der Waals surface area contributed by atoms with Gasteiger partial charge in [-0.15, -0.1) is 0 Å². The lowest BCUT2D eigenvalue weighted by Crippen LogP contribution is -2.30. The van der Waals surface area contributed by atoms with Crippen LogP contribution in [0.25, 0.3) is 0 Å². The van der Waals surface area contributed by atoms with E-state index in [4.69, 9.17) is 11.6 Å². The molecule has 0 fully saturated rings. The lowest BCUT2D eigenvalue weighted by Gasteiger charge is -2.17. The molecule has 1 aromatic carbocycles. The minimum atomic E-state index is -0.779. The number of esters is 1. The van der Waals surface area contributed by atoms with Crippen LogP contribution >= 0.6 is 11.6 Å². The molecular formula is C13H15ClO3. The Hall–Kier alpha value is -1.35. The molecule has 1 unspecified atom stereocenters. The molecule has 0 bridgehead atoms. The van der Waals surface area contributed by atoms with Crippen LogP contribution < -0.4 is 0 Å². The van der Waals surface area contributed by atoms with Gasteiger partial charge >= 0.3 is 5.97 Å². The number of benzene rings is 1. The second-order valence-electron chi connectivity index (χ2n) is 4.12. The Labute approximate surface area is 106 Å². The predicted octanol–water partition coefficient (Wildman–Crippen LogP) is 2.97. The molecule has 0 amide bonds. The van der Waals surface area contributed by atoms with E-state index in [-0.39, 0.29) is 11.7 Å². The standard InChI is InChI=1S/C13H15ClO3/c1-8(2)11(13(16)17-3)12(15)9-5-4-6-10(14)7-9/h4-8,11H,1-3H3. The van der Waals surface area contributed by atoms with Gasteiger partial charge in [0.25, 0.3) is 0 Å². The van der Waals surface area contributed by atoms with Crippen molar-refractivity contribution in [1.29, 1.82) is 0 Å². The normalized spacial score (nSPS) is 12.3. The third kappa shape index (κ3) is 3.30. The number of methoxy groups -OCH3 is 1. The lowest BCUT2D eigenvalue weighted by atomic mass is 9.88. The largest absolute Gasteiger partial charge is 0.468 e. The molecule has 0 saturated carbocycles. The molecule has 17 heavy (non-hydrogen) atoms. The van der Waals surface area contributed by atoms with Gasteiger partial charge in [0.15, 0.2) is 5.78 Å². The Kier molecular flexibility index (Phi) is 4.70. The van der Waals surface area contributed by atoms with Crippen LogP contribution in [0.3, 0.4) is 0 Å². The van der Waals surface area contributed by atoms with Crippen molar-refractivity contribution in [3.63, 3.8) is 0 Å². The first-order chi connectivity index (χ1) is 7.97. The fraction of sp³-hybridized carbons (Fsp3) is 0.385. The van der Waals surface area contributed by atoms with Gasteiger partial charge in [0.2, 0.25) is 0 Å².